The lowest BCUT2D eigenvalue weighted by atomic mass is 10.0. The summed E-state index contributed by atoms with van der Waals surface area (Å²) in [7, 11) is 0. The molecule has 0 radical (unpaired) electrons. The van der Waals surface area contributed by atoms with Crippen molar-refractivity contribution in [1.29, 1.82) is 0 Å². The summed E-state index contributed by atoms with van der Waals surface area (Å²) in [6.07, 6.45) is 3.14. The lowest BCUT2D eigenvalue weighted by Gasteiger charge is -2.42. The van der Waals surface area contributed by atoms with Crippen molar-refractivity contribution in [2.45, 2.75) is 38.0 Å². The van der Waals surface area contributed by atoms with Crippen LogP contribution in [0.25, 0.3) is 0 Å². The van der Waals surface area contributed by atoms with Crippen molar-refractivity contribution >= 4 is 11.8 Å². The summed E-state index contributed by atoms with van der Waals surface area (Å²) < 4.78 is 11.1. The standard InChI is InChI=1S/C14H17N3O4/c1-9-12(15-8-20-9)13(19)16-5-3-14-10(16)7-11(18)17(14)4-2-6-21-14/h8,10H,2-7H2,1H3/t10-,14+/m1/s1. The first-order valence-electron chi connectivity index (χ1n) is 7.29. The first-order valence-corrected chi connectivity index (χ1v) is 7.29. The van der Waals surface area contributed by atoms with Crippen LogP contribution >= 0.6 is 0 Å². The molecule has 0 unspecified atom stereocenters. The van der Waals surface area contributed by atoms with Gasteiger partial charge in [-0.15, -0.1) is 0 Å². The lowest BCUT2D eigenvalue weighted by molar-refractivity contribution is -0.179. The zero-order chi connectivity index (χ0) is 14.6. The van der Waals surface area contributed by atoms with Crippen molar-refractivity contribution in [3.63, 3.8) is 0 Å². The van der Waals surface area contributed by atoms with Gasteiger partial charge in [0.15, 0.2) is 17.8 Å². The molecule has 112 valence electrons. The number of carbonyl (C=O) groups excluding carboxylic acids is 2. The van der Waals surface area contributed by atoms with Gasteiger partial charge >= 0.3 is 0 Å². The maximum atomic E-state index is 12.7. The van der Waals surface area contributed by atoms with Gasteiger partial charge in [-0.1, -0.05) is 0 Å². The van der Waals surface area contributed by atoms with Gasteiger partial charge in [-0.3, -0.25) is 9.59 Å². The second-order valence-electron chi connectivity index (χ2n) is 5.82. The van der Waals surface area contributed by atoms with Crippen LogP contribution in [0.5, 0.6) is 0 Å². The van der Waals surface area contributed by atoms with Gasteiger partial charge in [0.1, 0.15) is 5.76 Å². The Hall–Kier alpha value is -1.89. The first-order chi connectivity index (χ1) is 10.1. The lowest BCUT2D eigenvalue weighted by Crippen LogP contribution is -2.56. The van der Waals surface area contributed by atoms with Crippen LogP contribution in [0, 0.1) is 6.92 Å². The molecule has 7 nitrogen and oxygen atoms in total. The summed E-state index contributed by atoms with van der Waals surface area (Å²) in [5.41, 5.74) is -0.281. The summed E-state index contributed by atoms with van der Waals surface area (Å²) >= 11 is 0. The zero-order valence-corrected chi connectivity index (χ0v) is 11.9. The van der Waals surface area contributed by atoms with Gasteiger partial charge in [-0.05, 0) is 13.3 Å². The second-order valence-corrected chi connectivity index (χ2v) is 5.82. The van der Waals surface area contributed by atoms with Gasteiger partial charge in [0.25, 0.3) is 5.91 Å². The Kier molecular flexibility index (Phi) is 2.63. The third-order valence-electron chi connectivity index (χ3n) is 4.82. The van der Waals surface area contributed by atoms with Crippen LogP contribution in [0.2, 0.25) is 0 Å². The van der Waals surface area contributed by atoms with E-state index in [4.69, 9.17) is 9.15 Å². The van der Waals surface area contributed by atoms with E-state index in [1.165, 1.54) is 6.39 Å². The molecule has 3 saturated heterocycles. The van der Waals surface area contributed by atoms with E-state index in [-0.39, 0.29) is 17.9 Å². The van der Waals surface area contributed by atoms with Crippen LogP contribution < -0.4 is 0 Å². The van der Waals surface area contributed by atoms with Gasteiger partial charge in [0.05, 0.1) is 19.1 Å². The van der Waals surface area contributed by atoms with E-state index in [2.05, 4.69) is 4.98 Å². The van der Waals surface area contributed by atoms with E-state index in [1.54, 1.807) is 11.8 Å². The number of hydrogen-bond acceptors (Lipinski definition) is 5. The molecule has 7 heteroatoms. The molecule has 3 aliphatic heterocycles. The largest absolute Gasteiger partial charge is 0.448 e. The fraction of sp³-hybridized carbons (Fsp3) is 0.643. The van der Waals surface area contributed by atoms with Crippen molar-refractivity contribution in [3.05, 3.63) is 17.8 Å². The van der Waals surface area contributed by atoms with Gasteiger partial charge in [-0.2, -0.15) is 0 Å². The molecule has 1 spiro atoms. The Bertz CT molecular complexity index is 613. The van der Waals surface area contributed by atoms with Gasteiger partial charge in [0, 0.05) is 19.5 Å². The second kappa shape index (κ2) is 4.30. The van der Waals surface area contributed by atoms with Crippen LogP contribution in [-0.2, 0) is 9.53 Å². The number of ether oxygens (including phenoxy) is 1. The first kappa shape index (κ1) is 12.8. The monoisotopic (exact) mass is 291 g/mol. The smallest absolute Gasteiger partial charge is 0.276 e. The molecule has 1 aromatic heterocycles. The predicted molar refractivity (Wildman–Crippen MR) is 70.3 cm³/mol. The third kappa shape index (κ3) is 1.61. The molecule has 3 fully saturated rings. The van der Waals surface area contributed by atoms with Crippen LogP contribution in [0.15, 0.2) is 10.8 Å². The molecule has 0 N–H and O–H groups in total. The fourth-order valence-electron chi connectivity index (χ4n) is 3.84. The Balaban J connectivity index is 1.67. The van der Waals surface area contributed by atoms with Crippen LogP contribution in [0.3, 0.4) is 0 Å². The minimum Gasteiger partial charge on any atom is -0.448 e. The van der Waals surface area contributed by atoms with Crippen molar-refractivity contribution in [3.8, 4) is 0 Å². The highest BCUT2D eigenvalue weighted by atomic mass is 16.5. The molecular formula is C14H17N3O4. The minimum atomic E-state index is -0.608. The summed E-state index contributed by atoms with van der Waals surface area (Å²) in [5.74, 6) is 0.410. The van der Waals surface area contributed by atoms with E-state index in [9.17, 15) is 9.59 Å². The molecule has 1 aromatic rings. The van der Waals surface area contributed by atoms with E-state index in [0.717, 1.165) is 13.0 Å². The Labute approximate surface area is 121 Å². The van der Waals surface area contributed by atoms with Crippen molar-refractivity contribution in [2.24, 2.45) is 0 Å². The molecule has 4 heterocycles. The average molecular weight is 291 g/mol. The average Bonchev–Trinajstić information content (AvgIpc) is 3.11. The van der Waals surface area contributed by atoms with E-state index in [1.807, 2.05) is 4.90 Å². The maximum Gasteiger partial charge on any atom is 0.276 e. The molecule has 0 aromatic carbocycles. The van der Waals surface area contributed by atoms with Crippen LogP contribution in [-0.4, -0.2) is 58.1 Å². The molecule has 0 bridgehead atoms. The van der Waals surface area contributed by atoms with Gasteiger partial charge in [-0.25, -0.2) is 4.98 Å². The summed E-state index contributed by atoms with van der Waals surface area (Å²) in [5, 5.41) is 0. The molecule has 4 rings (SSSR count). The van der Waals surface area contributed by atoms with Crippen molar-refractivity contribution in [2.75, 3.05) is 19.7 Å². The predicted octanol–water partition coefficient (Wildman–Crippen LogP) is 0.546. The summed E-state index contributed by atoms with van der Waals surface area (Å²) in [6, 6.07) is -0.214. The van der Waals surface area contributed by atoms with E-state index in [0.29, 0.717) is 37.4 Å². The molecule has 0 saturated carbocycles. The minimum absolute atomic E-state index is 0.0778. The number of aryl methyl sites for hydroxylation is 1. The van der Waals surface area contributed by atoms with E-state index < -0.39 is 5.72 Å². The molecular weight excluding hydrogens is 274 g/mol. The van der Waals surface area contributed by atoms with Crippen molar-refractivity contribution in [1.82, 2.24) is 14.8 Å². The number of oxazole rings is 1. The third-order valence-corrected chi connectivity index (χ3v) is 4.82. The van der Waals surface area contributed by atoms with Crippen molar-refractivity contribution < 1.29 is 18.7 Å². The van der Waals surface area contributed by atoms with Crippen LogP contribution in [0.1, 0.15) is 35.5 Å². The van der Waals surface area contributed by atoms with Crippen LogP contribution in [0.4, 0.5) is 0 Å². The highest BCUT2D eigenvalue weighted by Crippen LogP contribution is 2.45. The fourth-order valence-corrected chi connectivity index (χ4v) is 3.84. The highest BCUT2D eigenvalue weighted by Gasteiger charge is 2.61. The number of hydrogen-bond donors (Lipinski definition) is 0. The number of carbonyl (C=O) groups is 2. The molecule has 2 atom stereocenters. The SMILES string of the molecule is Cc1ocnc1C(=O)N1CC[C@@]23OCCCN2C(=O)C[C@@H]13. The summed E-state index contributed by atoms with van der Waals surface area (Å²) in [4.78, 5) is 32.4. The molecule has 2 amide bonds. The number of rotatable bonds is 1. The highest BCUT2D eigenvalue weighted by molar-refractivity contribution is 5.94. The Morgan fingerprint density at radius 1 is 1.48 bits per heavy atom. The quantitative estimate of drug-likeness (QED) is 0.755. The topological polar surface area (TPSA) is 75.9 Å². The molecule has 0 aliphatic carbocycles. The number of nitrogens with zero attached hydrogens (tertiary/aromatic N) is 3. The number of aromatic nitrogens is 1. The Morgan fingerprint density at radius 3 is 3.10 bits per heavy atom. The maximum absolute atomic E-state index is 12.7. The number of amides is 2. The van der Waals surface area contributed by atoms with Gasteiger partial charge < -0.3 is 19.0 Å². The van der Waals surface area contributed by atoms with Gasteiger partial charge in [0.2, 0.25) is 5.91 Å². The molecule has 3 aliphatic rings. The normalized spacial score (nSPS) is 31.5. The Morgan fingerprint density at radius 2 is 2.33 bits per heavy atom. The number of likely N-dealkylation sites (tertiary alicyclic amines) is 1. The molecule has 21 heavy (non-hydrogen) atoms. The van der Waals surface area contributed by atoms with E-state index >= 15 is 0 Å². The summed E-state index contributed by atoms with van der Waals surface area (Å²) in [6.45, 7) is 3.67. The zero-order valence-electron chi connectivity index (χ0n) is 11.9.